The zero-order valence-corrected chi connectivity index (χ0v) is 28.3. The van der Waals surface area contributed by atoms with Crippen LogP contribution in [0.15, 0.2) is 58.8 Å². The van der Waals surface area contributed by atoms with Crippen molar-refractivity contribution in [2.45, 2.75) is 41.5 Å². The first-order valence-corrected chi connectivity index (χ1v) is 18.5. The van der Waals surface area contributed by atoms with Gasteiger partial charge in [0.2, 0.25) is 0 Å². The lowest BCUT2D eigenvalue weighted by atomic mass is 10.3. The third-order valence-corrected chi connectivity index (χ3v) is 11.1. The minimum Gasteiger partial charge on any atom is -0.410 e. The molecule has 0 heterocycles. The number of amides is 2. The van der Waals surface area contributed by atoms with E-state index in [1.807, 2.05) is 41.5 Å². The Hall–Kier alpha value is -3.23. The fourth-order valence-corrected chi connectivity index (χ4v) is 8.27. The third kappa shape index (κ3) is 12.8. The van der Waals surface area contributed by atoms with Crippen molar-refractivity contribution in [3.05, 3.63) is 48.5 Å². The number of hydrogen-bond acceptors (Lipinski definition) is 12. The highest BCUT2D eigenvalue weighted by Gasteiger charge is 2.42. The van der Waals surface area contributed by atoms with Gasteiger partial charge in [-0.15, -0.1) is 0 Å². The number of hydrogen-bond donors (Lipinski definition) is 2. The van der Waals surface area contributed by atoms with Gasteiger partial charge in [0.05, 0.1) is 23.7 Å². The summed E-state index contributed by atoms with van der Waals surface area (Å²) in [7, 11) is -6.08. The van der Waals surface area contributed by atoms with E-state index in [-0.39, 0.29) is 12.3 Å². The molecule has 0 aromatic heterocycles. The molecule has 0 saturated heterocycles. The maximum absolute atomic E-state index is 12.4. The summed E-state index contributed by atoms with van der Waals surface area (Å²) in [6.07, 6.45) is -1.16. The standard InChI is InChI=1S/C28H44N4O10Si2/c1-7-35-43(36-8-2,37-9-3)21-29-27(33)41-25-17-13-23(14-18-25)31-32-24-15-19-26(20-16-24)42-28(34)30-22-44(38-10-4,39-11-5)40-12-6/h13-20H,7-12,21-22H2,1-6H3,(H,29,33)(H,30,34). The fourth-order valence-electron chi connectivity index (χ4n) is 3.80. The van der Waals surface area contributed by atoms with Crippen molar-refractivity contribution in [1.29, 1.82) is 0 Å². The van der Waals surface area contributed by atoms with Crippen LogP contribution in [0.2, 0.25) is 0 Å². The molecule has 0 bridgehead atoms. The first-order valence-electron chi connectivity index (χ1n) is 14.6. The Balaban J connectivity index is 1.88. The summed E-state index contributed by atoms with van der Waals surface area (Å²) in [5.74, 6) is 0.641. The zero-order chi connectivity index (χ0) is 32.3. The highest BCUT2D eigenvalue weighted by Crippen LogP contribution is 2.23. The lowest BCUT2D eigenvalue weighted by Gasteiger charge is -2.28. The van der Waals surface area contributed by atoms with Crippen molar-refractivity contribution in [2.24, 2.45) is 10.2 Å². The maximum Gasteiger partial charge on any atom is 0.521 e. The van der Waals surface area contributed by atoms with Gasteiger partial charge in [-0.2, -0.15) is 10.2 Å². The van der Waals surface area contributed by atoms with Crippen LogP contribution >= 0.6 is 0 Å². The average Bonchev–Trinajstić information content (AvgIpc) is 3.00. The van der Waals surface area contributed by atoms with E-state index in [1.54, 1.807) is 48.5 Å². The van der Waals surface area contributed by atoms with E-state index in [1.165, 1.54) is 0 Å². The van der Waals surface area contributed by atoms with Gasteiger partial charge in [-0.05, 0) is 90.1 Å². The van der Waals surface area contributed by atoms with Crippen molar-refractivity contribution in [3.8, 4) is 11.5 Å². The quantitative estimate of drug-likeness (QED) is 0.139. The van der Waals surface area contributed by atoms with Gasteiger partial charge in [-0.25, -0.2) is 9.59 Å². The van der Waals surface area contributed by atoms with Crippen LogP contribution in [-0.4, -0.2) is 81.8 Å². The summed E-state index contributed by atoms with van der Waals surface area (Å²) in [6, 6.07) is 13.0. The topological polar surface area (TPSA) is 157 Å². The van der Waals surface area contributed by atoms with Gasteiger partial charge in [-0.1, -0.05) is 0 Å². The second-order valence-electron chi connectivity index (χ2n) is 8.64. The molecule has 0 aliphatic rings. The van der Waals surface area contributed by atoms with Crippen LogP contribution < -0.4 is 20.1 Å². The minimum atomic E-state index is -3.04. The summed E-state index contributed by atoms with van der Waals surface area (Å²) >= 11 is 0. The first-order chi connectivity index (χ1) is 21.3. The molecule has 0 radical (unpaired) electrons. The predicted molar refractivity (Wildman–Crippen MR) is 166 cm³/mol. The average molecular weight is 653 g/mol. The molecule has 14 nitrogen and oxygen atoms in total. The summed E-state index contributed by atoms with van der Waals surface area (Å²) in [6.45, 7) is 13.4. The molecular weight excluding hydrogens is 608 g/mol. The number of azo groups is 1. The molecule has 16 heteroatoms. The van der Waals surface area contributed by atoms with E-state index in [0.29, 0.717) is 62.5 Å². The Labute approximate surface area is 261 Å². The lowest BCUT2D eigenvalue weighted by Crippen LogP contribution is -2.55. The van der Waals surface area contributed by atoms with Gasteiger partial charge in [0.15, 0.2) is 0 Å². The van der Waals surface area contributed by atoms with E-state index in [0.717, 1.165) is 0 Å². The molecule has 0 aliphatic heterocycles. The summed E-state index contributed by atoms with van der Waals surface area (Å²) in [4.78, 5) is 24.7. The molecule has 0 saturated carbocycles. The van der Waals surface area contributed by atoms with Gasteiger partial charge < -0.3 is 46.7 Å². The van der Waals surface area contributed by atoms with Crippen LogP contribution in [0, 0.1) is 0 Å². The number of nitrogens with zero attached hydrogens (tertiary/aromatic N) is 2. The monoisotopic (exact) mass is 652 g/mol. The third-order valence-electron chi connectivity index (χ3n) is 5.46. The molecule has 0 aliphatic carbocycles. The van der Waals surface area contributed by atoms with E-state index in [4.69, 9.17) is 36.0 Å². The molecular formula is C28H44N4O10Si2. The lowest BCUT2D eigenvalue weighted by molar-refractivity contribution is 0.0693. The van der Waals surface area contributed by atoms with Crippen LogP contribution in [-0.2, 0) is 26.6 Å². The Kier molecular flexibility index (Phi) is 16.7. The van der Waals surface area contributed by atoms with Crippen molar-refractivity contribution in [3.63, 3.8) is 0 Å². The number of carbonyl (C=O) groups is 2. The van der Waals surface area contributed by atoms with E-state index < -0.39 is 29.8 Å². The van der Waals surface area contributed by atoms with E-state index >= 15 is 0 Å². The highest BCUT2D eigenvalue weighted by atomic mass is 28.4. The molecule has 2 amide bonds. The largest absolute Gasteiger partial charge is 0.521 e. The zero-order valence-electron chi connectivity index (χ0n) is 26.3. The Morgan fingerprint density at radius 2 is 0.795 bits per heavy atom. The number of ether oxygens (including phenoxy) is 2. The van der Waals surface area contributed by atoms with Crippen LogP contribution in [0.3, 0.4) is 0 Å². The fraction of sp³-hybridized carbons (Fsp3) is 0.500. The van der Waals surface area contributed by atoms with Gasteiger partial charge in [0.25, 0.3) is 0 Å². The number of benzene rings is 2. The second-order valence-corrected chi connectivity index (χ2v) is 13.8. The van der Waals surface area contributed by atoms with Crippen molar-refractivity contribution in [1.82, 2.24) is 10.6 Å². The van der Waals surface area contributed by atoms with E-state index in [2.05, 4.69) is 20.9 Å². The summed E-state index contributed by atoms with van der Waals surface area (Å²) < 4.78 is 45.0. The SMILES string of the molecule is CCO[Si](CNC(=O)Oc1ccc(N=Nc2ccc(OC(=O)NC[Si](OCC)(OCC)OCC)cc2)cc1)(OCC)OCC. The number of nitrogens with one attached hydrogen (secondary N) is 2. The molecule has 2 aromatic carbocycles. The van der Waals surface area contributed by atoms with Crippen LogP contribution in [0.4, 0.5) is 21.0 Å². The molecule has 2 rings (SSSR count). The summed E-state index contributed by atoms with van der Waals surface area (Å²) in [5, 5.41) is 13.7. The van der Waals surface area contributed by atoms with Crippen LogP contribution in [0.1, 0.15) is 41.5 Å². The Bertz CT molecular complexity index is 1030. The molecule has 0 unspecified atom stereocenters. The molecule has 0 atom stereocenters. The molecule has 2 N–H and O–H groups in total. The van der Waals surface area contributed by atoms with Crippen LogP contribution in [0.25, 0.3) is 0 Å². The predicted octanol–water partition coefficient (Wildman–Crippen LogP) is 5.45. The first kappa shape index (κ1) is 37.0. The van der Waals surface area contributed by atoms with Gasteiger partial charge in [-0.3, -0.25) is 0 Å². The van der Waals surface area contributed by atoms with Crippen molar-refractivity contribution >= 4 is 41.2 Å². The van der Waals surface area contributed by atoms with E-state index in [9.17, 15) is 9.59 Å². The van der Waals surface area contributed by atoms with Crippen molar-refractivity contribution in [2.75, 3.05) is 52.0 Å². The number of rotatable bonds is 20. The maximum atomic E-state index is 12.4. The Morgan fingerprint density at radius 1 is 0.523 bits per heavy atom. The van der Waals surface area contributed by atoms with Crippen LogP contribution in [0.5, 0.6) is 11.5 Å². The minimum absolute atomic E-state index is 0.0835. The molecule has 0 spiro atoms. The normalized spacial score (nSPS) is 11.9. The second kappa shape index (κ2) is 19.9. The highest BCUT2D eigenvalue weighted by molar-refractivity contribution is 6.61. The summed E-state index contributed by atoms with van der Waals surface area (Å²) in [5.41, 5.74) is 1.08. The molecule has 44 heavy (non-hydrogen) atoms. The number of carbonyl (C=O) groups excluding carboxylic acids is 2. The van der Waals surface area contributed by atoms with Gasteiger partial charge >= 0.3 is 29.8 Å². The smallest absolute Gasteiger partial charge is 0.410 e. The molecule has 0 fully saturated rings. The Morgan fingerprint density at radius 3 is 1.05 bits per heavy atom. The van der Waals surface area contributed by atoms with Gasteiger partial charge in [0.1, 0.15) is 11.5 Å². The molecule has 244 valence electrons. The van der Waals surface area contributed by atoms with Gasteiger partial charge in [0, 0.05) is 39.6 Å². The van der Waals surface area contributed by atoms with Crippen molar-refractivity contribution < 1.29 is 45.6 Å². The molecule has 2 aromatic rings.